The lowest BCUT2D eigenvalue weighted by Gasteiger charge is -2.29. The molecule has 1 unspecified atom stereocenters. The van der Waals surface area contributed by atoms with Gasteiger partial charge < -0.3 is 0 Å². The quantitative estimate of drug-likeness (QED) is 0.821. The summed E-state index contributed by atoms with van der Waals surface area (Å²) >= 11 is 0. The highest BCUT2D eigenvalue weighted by Gasteiger charge is 2.30. The van der Waals surface area contributed by atoms with Crippen LogP contribution in [-0.4, -0.2) is 18.0 Å². The van der Waals surface area contributed by atoms with Crippen LogP contribution in [0.4, 0.5) is 13.2 Å². The number of rotatable bonds is 2. The zero-order valence-corrected chi connectivity index (χ0v) is 10.5. The summed E-state index contributed by atoms with van der Waals surface area (Å²) < 4.78 is 37.8. The van der Waals surface area contributed by atoms with Gasteiger partial charge >= 0.3 is 6.18 Å². The van der Waals surface area contributed by atoms with Crippen molar-refractivity contribution < 1.29 is 13.2 Å². The van der Waals surface area contributed by atoms with Gasteiger partial charge in [-0.25, -0.2) is 0 Å². The smallest absolute Gasteiger partial charge is 0.298 e. The van der Waals surface area contributed by atoms with E-state index in [0.717, 1.165) is 25.5 Å². The van der Waals surface area contributed by atoms with Crippen molar-refractivity contribution in [2.24, 2.45) is 5.92 Å². The van der Waals surface area contributed by atoms with Crippen LogP contribution in [0.15, 0.2) is 24.3 Å². The summed E-state index contributed by atoms with van der Waals surface area (Å²) in [4.78, 5) is 2.05. The van der Waals surface area contributed by atoms with Gasteiger partial charge in [0.1, 0.15) is 0 Å². The maximum atomic E-state index is 12.6. The van der Waals surface area contributed by atoms with E-state index in [0.29, 0.717) is 18.7 Å². The number of nitriles is 1. The van der Waals surface area contributed by atoms with Crippen molar-refractivity contribution in [3.05, 3.63) is 35.4 Å². The van der Waals surface area contributed by atoms with E-state index in [1.54, 1.807) is 6.07 Å². The highest BCUT2D eigenvalue weighted by molar-refractivity contribution is 5.25. The minimum absolute atomic E-state index is 0.000418. The molecule has 102 valence electrons. The second-order valence-corrected chi connectivity index (χ2v) is 4.90. The molecule has 1 saturated heterocycles. The first kappa shape index (κ1) is 13.9. The molecule has 1 heterocycles. The summed E-state index contributed by atoms with van der Waals surface area (Å²) in [5.41, 5.74) is 0.0345. The van der Waals surface area contributed by atoms with E-state index in [1.807, 2.05) is 4.90 Å². The first-order chi connectivity index (χ1) is 8.99. The molecule has 0 spiro atoms. The predicted molar refractivity (Wildman–Crippen MR) is 65.1 cm³/mol. The predicted octanol–water partition coefficient (Wildman–Crippen LogP) is 3.44. The molecule has 1 aliphatic rings. The first-order valence-electron chi connectivity index (χ1n) is 6.27. The summed E-state index contributed by atoms with van der Waals surface area (Å²) in [6, 6.07) is 7.64. The van der Waals surface area contributed by atoms with Crippen LogP contribution in [0.1, 0.15) is 24.0 Å². The van der Waals surface area contributed by atoms with Crippen molar-refractivity contribution in [1.29, 1.82) is 5.26 Å². The highest BCUT2D eigenvalue weighted by Crippen LogP contribution is 2.30. The third-order valence-electron chi connectivity index (χ3n) is 3.35. The van der Waals surface area contributed by atoms with E-state index in [2.05, 4.69) is 6.07 Å². The largest absolute Gasteiger partial charge is 0.416 e. The second-order valence-electron chi connectivity index (χ2n) is 4.90. The van der Waals surface area contributed by atoms with Crippen molar-refractivity contribution in [2.75, 3.05) is 13.1 Å². The second kappa shape index (κ2) is 5.62. The summed E-state index contributed by atoms with van der Waals surface area (Å²) in [5.74, 6) is -0.000418. The van der Waals surface area contributed by atoms with Gasteiger partial charge in [0.2, 0.25) is 0 Å². The Hall–Kier alpha value is -1.54. The monoisotopic (exact) mass is 268 g/mol. The lowest BCUT2D eigenvalue weighted by molar-refractivity contribution is -0.137. The zero-order valence-electron chi connectivity index (χ0n) is 10.5. The van der Waals surface area contributed by atoms with Crippen molar-refractivity contribution in [3.63, 3.8) is 0 Å². The number of likely N-dealkylation sites (tertiary alicyclic amines) is 1. The van der Waals surface area contributed by atoms with Crippen molar-refractivity contribution in [3.8, 4) is 6.07 Å². The standard InChI is InChI=1S/C14H15F3N2/c15-14(16,17)13-5-1-3-11(7-13)9-19-6-2-4-12(8-18)10-19/h1,3,5,7,12H,2,4,6,9-10H2. The van der Waals surface area contributed by atoms with Crippen LogP contribution >= 0.6 is 0 Å². The minimum atomic E-state index is -4.30. The number of hydrogen-bond acceptors (Lipinski definition) is 2. The lowest BCUT2D eigenvalue weighted by Crippen LogP contribution is -2.34. The Bertz CT molecular complexity index is 476. The summed E-state index contributed by atoms with van der Waals surface area (Å²) in [6.07, 6.45) is -2.49. The Kier molecular flexibility index (Phi) is 4.11. The molecule has 1 fully saturated rings. The fourth-order valence-electron chi connectivity index (χ4n) is 2.41. The number of piperidine rings is 1. The van der Waals surface area contributed by atoms with Gasteiger partial charge in [-0.3, -0.25) is 4.90 Å². The number of alkyl halides is 3. The molecule has 1 aromatic rings. The average molecular weight is 268 g/mol. The van der Waals surface area contributed by atoms with Crippen molar-refractivity contribution >= 4 is 0 Å². The van der Waals surface area contributed by atoms with Crippen LogP contribution in [0.25, 0.3) is 0 Å². The van der Waals surface area contributed by atoms with Crippen LogP contribution in [0.5, 0.6) is 0 Å². The maximum absolute atomic E-state index is 12.6. The van der Waals surface area contributed by atoms with E-state index in [1.165, 1.54) is 12.1 Å². The Morgan fingerprint density at radius 3 is 2.84 bits per heavy atom. The van der Waals surface area contributed by atoms with E-state index in [9.17, 15) is 13.2 Å². The van der Waals surface area contributed by atoms with E-state index in [4.69, 9.17) is 5.26 Å². The number of hydrogen-bond donors (Lipinski definition) is 0. The molecule has 1 atom stereocenters. The van der Waals surface area contributed by atoms with Crippen LogP contribution in [-0.2, 0) is 12.7 Å². The van der Waals surface area contributed by atoms with Crippen LogP contribution in [0.2, 0.25) is 0 Å². The molecule has 0 N–H and O–H groups in total. The summed E-state index contributed by atoms with van der Waals surface area (Å²) in [5, 5.41) is 8.90. The molecule has 1 aromatic carbocycles. The van der Waals surface area contributed by atoms with Gasteiger partial charge in [-0.2, -0.15) is 18.4 Å². The van der Waals surface area contributed by atoms with Crippen molar-refractivity contribution in [1.82, 2.24) is 4.90 Å². The first-order valence-corrected chi connectivity index (χ1v) is 6.27. The highest BCUT2D eigenvalue weighted by atomic mass is 19.4. The molecule has 19 heavy (non-hydrogen) atoms. The van der Waals surface area contributed by atoms with E-state index < -0.39 is 11.7 Å². The zero-order chi connectivity index (χ0) is 13.9. The minimum Gasteiger partial charge on any atom is -0.298 e. The SMILES string of the molecule is N#CC1CCCN(Cc2cccc(C(F)(F)F)c2)C1. The van der Waals surface area contributed by atoms with Gasteiger partial charge in [-0.15, -0.1) is 0 Å². The molecular weight excluding hydrogens is 253 g/mol. The molecule has 1 aliphatic heterocycles. The molecule has 5 heteroatoms. The van der Waals surface area contributed by atoms with Crippen molar-refractivity contribution in [2.45, 2.75) is 25.6 Å². The average Bonchev–Trinajstić information content (AvgIpc) is 2.38. The van der Waals surface area contributed by atoms with Crippen LogP contribution in [0, 0.1) is 17.2 Å². The van der Waals surface area contributed by atoms with E-state index in [-0.39, 0.29) is 5.92 Å². The van der Waals surface area contributed by atoms with E-state index >= 15 is 0 Å². The molecule has 0 radical (unpaired) electrons. The molecule has 0 aliphatic carbocycles. The fourth-order valence-corrected chi connectivity index (χ4v) is 2.41. The molecule has 0 saturated carbocycles. The Balaban J connectivity index is 2.05. The Morgan fingerprint density at radius 1 is 1.37 bits per heavy atom. The van der Waals surface area contributed by atoms with Crippen LogP contribution < -0.4 is 0 Å². The normalized spacial score (nSPS) is 21.1. The molecule has 2 nitrogen and oxygen atoms in total. The molecular formula is C14H15F3N2. The summed E-state index contributed by atoms with van der Waals surface area (Å²) in [7, 11) is 0. The lowest BCUT2D eigenvalue weighted by atomic mass is 9.99. The molecule has 0 bridgehead atoms. The van der Waals surface area contributed by atoms with Crippen LogP contribution in [0.3, 0.4) is 0 Å². The maximum Gasteiger partial charge on any atom is 0.416 e. The van der Waals surface area contributed by atoms with Gasteiger partial charge in [-0.1, -0.05) is 18.2 Å². The Morgan fingerprint density at radius 2 is 2.16 bits per heavy atom. The third kappa shape index (κ3) is 3.71. The molecule has 2 rings (SSSR count). The topological polar surface area (TPSA) is 27.0 Å². The number of benzene rings is 1. The van der Waals surface area contributed by atoms with Gasteiger partial charge in [-0.05, 0) is 31.0 Å². The number of nitrogens with zero attached hydrogens (tertiary/aromatic N) is 2. The van der Waals surface area contributed by atoms with Gasteiger partial charge in [0.25, 0.3) is 0 Å². The number of halogens is 3. The summed E-state index contributed by atoms with van der Waals surface area (Å²) in [6.45, 7) is 1.96. The van der Waals surface area contributed by atoms with Gasteiger partial charge in [0.05, 0.1) is 17.6 Å². The molecule has 0 aromatic heterocycles. The third-order valence-corrected chi connectivity index (χ3v) is 3.35. The Labute approximate surface area is 110 Å². The fraction of sp³-hybridized carbons (Fsp3) is 0.500. The van der Waals surface area contributed by atoms with Gasteiger partial charge in [0, 0.05) is 13.1 Å². The van der Waals surface area contributed by atoms with Gasteiger partial charge in [0.15, 0.2) is 0 Å². The molecule has 0 amide bonds.